The van der Waals surface area contributed by atoms with E-state index in [0.29, 0.717) is 33.1 Å². The van der Waals surface area contributed by atoms with Crippen molar-refractivity contribution in [2.24, 2.45) is 0 Å². The van der Waals surface area contributed by atoms with Gasteiger partial charge in [0.05, 0.1) is 11.6 Å². The minimum atomic E-state index is -0.601. The van der Waals surface area contributed by atoms with Crippen molar-refractivity contribution in [3.8, 4) is 5.75 Å². The molecule has 6 nitrogen and oxygen atoms in total. The Morgan fingerprint density at radius 1 is 1.00 bits per heavy atom. The minimum absolute atomic E-state index is 0.186. The van der Waals surface area contributed by atoms with Crippen LogP contribution in [-0.2, 0) is 0 Å². The third-order valence-corrected chi connectivity index (χ3v) is 4.14. The molecule has 2 N–H and O–H groups in total. The zero-order valence-corrected chi connectivity index (χ0v) is 14.6. The number of rotatable bonds is 4. The topological polar surface area (TPSA) is 93.0 Å². The van der Waals surface area contributed by atoms with Crippen molar-refractivity contribution >= 4 is 21.6 Å². The Labute approximate surface area is 146 Å². The molecule has 0 spiro atoms. The molecule has 1 aromatic carbocycles. The third-order valence-electron chi connectivity index (χ3n) is 3.68. The molecule has 0 bridgehead atoms. The van der Waals surface area contributed by atoms with Crippen molar-refractivity contribution in [3.05, 3.63) is 69.5 Å². The van der Waals surface area contributed by atoms with Crippen LogP contribution in [0.15, 0.2) is 49.7 Å². The van der Waals surface area contributed by atoms with Crippen molar-refractivity contribution in [1.29, 1.82) is 0 Å². The molecule has 0 aliphatic rings. The van der Waals surface area contributed by atoms with E-state index in [4.69, 9.17) is 8.83 Å². The van der Waals surface area contributed by atoms with Gasteiger partial charge in [-0.15, -0.1) is 5.23 Å². The molecule has 7 heteroatoms. The lowest BCUT2D eigenvalue weighted by Crippen LogP contribution is -2.16. The van der Waals surface area contributed by atoms with Gasteiger partial charge in [-0.1, -0.05) is 21.7 Å². The van der Waals surface area contributed by atoms with Crippen molar-refractivity contribution < 1.29 is 24.4 Å². The molecule has 0 amide bonds. The van der Waals surface area contributed by atoms with Crippen LogP contribution in [0, 0.1) is 13.8 Å². The van der Waals surface area contributed by atoms with E-state index in [1.165, 1.54) is 6.07 Å². The molecule has 2 heterocycles. The second-order valence-corrected chi connectivity index (χ2v) is 6.38. The van der Waals surface area contributed by atoms with E-state index in [9.17, 15) is 15.5 Å². The van der Waals surface area contributed by atoms with Gasteiger partial charge in [0.1, 0.15) is 23.0 Å². The molecule has 2 aromatic heterocycles. The number of aryl methyl sites for hydroxylation is 2. The van der Waals surface area contributed by atoms with E-state index >= 15 is 0 Å². The fraction of sp³-hybridized carbons (Fsp3) is 0.176. The van der Waals surface area contributed by atoms with Gasteiger partial charge >= 0.3 is 0 Å². The predicted molar refractivity (Wildman–Crippen MR) is 87.5 cm³/mol. The standard InChI is InChI=1S/C17H16BrNO5/c1-9-3-5-14(23-9)16(15-6-4-10(2)24-15)12-7-11(18)8-13(17(12)20)19(21)22/h3-8,16,20-22H,1-2H3/p-1. The van der Waals surface area contributed by atoms with E-state index in [2.05, 4.69) is 15.9 Å². The van der Waals surface area contributed by atoms with Gasteiger partial charge in [0.25, 0.3) is 0 Å². The van der Waals surface area contributed by atoms with Crippen LogP contribution >= 0.6 is 15.9 Å². The molecular weight excluding hydrogens is 378 g/mol. The zero-order chi connectivity index (χ0) is 17.4. The summed E-state index contributed by atoms with van der Waals surface area (Å²) in [5, 5.41) is 31.1. The van der Waals surface area contributed by atoms with E-state index in [1.807, 2.05) is 13.8 Å². The summed E-state index contributed by atoms with van der Waals surface area (Å²) in [5.74, 6) is 1.34. The fourth-order valence-electron chi connectivity index (χ4n) is 2.63. The highest BCUT2D eigenvalue weighted by molar-refractivity contribution is 9.10. The summed E-state index contributed by atoms with van der Waals surface area (Å²) in [6.45, 7) is 3.61. The monoisotopic (exact) mass is 392 g/mol. The second kappa shape index (κ2) is 6.35. The number of benzene rings is 1. The molecule has 3 aromatic rings. The molecule has 0 aliphatic heterocycles. The summed E-state index contributed by atoms with van der Waals surface area (Å²) in [6, 6.07) is 10.1. The Kier molecular flexibility index (Phi) is 4.40. The first kappa shape index (κ1) is 16.6. The quantitative estimate of drug-likeness (QED) is 0.649. The Morgan fingerprint density at radius 3 is 1.96 bits per heavy atom. The number of nitrogens with zero attached hydrogens (tertiary/aromatic N) is 1. The molecule has 0 fully saturated rings. The molecule has 0 radical (unpaired) electrons. The zero-order valence-electron chi connectivity index (χ0n) is 13.0. The maximum atomic E-state index is 12.7. The molecule has 3 rings (SSSR count). The fourth-order valence-corrected chi connectivity index (χ4v) is 3.09. The highest BCUT2D eigenvalue weighted by Gasteiger charge is 2.25. The Balaban J connectivity index is 2.23. The lowest BCUT2D eigenvalue weighted by atomic mass is 9.92. The van der Waals surface area contributed by atoms with Crippen LogP contribution in [0.3, 0.4) is 0 Å². The number of anilines is 1. The number of halogens is 1. The largest absolute Gasteiger partial charge is 0.871 e. The van der Waals surface area contributed by atoms with Gasteiger partial charge in [-0.3, -0.25) is 10.4 Å². The first-order valence-electron chi connectivity index (χ1n) is 7.18. The number of furan rings is 2. The molecule has 0 saturated heterocycles. The second-order valence-electron chi connectivity index (χ2n) is 5.46. The summed E-state index contributed by atoms with van der Waals surface area (Å²) in [5.41, 5.74) is 0.0344. The van der Waals surface area contributed by atoms with Crippen molar-refractivity contribution in [2.75, 3.05) is 5.23 Å². The molecule has 24 heavy (non-hydrogen) atoms. The van der Waals surface area contributed by atoms with Crippen LogP contribution in [0.2, 0.25) is 0 Å². The molecule has 0 aliphatic carbocycles. The summed E-state index contributed by atoms with van der Waals surface area (Å²) in [7, 11) is 0. The van der Waals surface area contributed by atoms with E-state index in [-0.39, 0.29) is 10.9 Å². The molecule has 0 atom stereocenters. The van der Waals surface area contributed by atoms with E-state index in [1.54, 1.807) is 30.3 Å². The lowest BCUT2D eigenvalue weighted by Gasteiger charge is -2.25. The van der Waals surface area contributed by atoms with Crippen molar-refractivity contribution in [2.45, 2.75) is 19.8 Å². The summed E-state index contributed by atoms with van der Waals surface area (Å²) >= 11 is 3.29. The first-order chi connectivity index (χ1) is 11.4. The van der Waals surface area contributed by atoms with Gasteiger partial charge < -0.3 is 13.9 Å². The van der Waals surface area contributed by atoms with Gasteiger partial charge in [0.2, 0.25) is 0 Å². The first-order valence-corrected chi connectivity index (χ1v) is 7.97. The highest BCUT2D eigenvalue weighted by atomic mass is 79.9. The van der Waals surface area contributed by atoms with E-state index in [0.717, 1.165) is 0 Å². The van der Waals surface area contributed by atoms with Gasteiger partial charge in [-0.25, -0.2) is 0 Å². The minimum Gasteiger partial charge on any atom is -0.871 e. The normalized spacial score (nSPS) is 11.2. The van der Waals surface area contributed by atoms with Crippen molar-refractivity contribution in [3.63, 3.8) is 0 Å². The summed E-state index contributed by atoms with van der Waals surface area (Å²) < 4.78 is 11.9. The highest BCUT2D eigenvalue weighted by Crippen LogP contribution is 2.42. The summed E-state index contributed by atoms with van der Waals surface area (Å²) in [6.07, 6.45) is 0. The Bertz CT molecular complexity index is 827. The van der Waals surface area contributed by atoms with Gasteiger partial charge in [0.15, 0.2) is 0 Å². The van der Waals surface area contributed by atoms with Crippen LogP contribution in [0.25, 0.3) is 0 Å². The number of hydrogen-bond acceptors (Lipinski definition) is 6. The van der Waals surface area contributed by atoms with Crippen LogP contribution in [0.1, 0.15) is 34.5 Å². The molecule has 0 saturated carbocycles. The average Bonchev–Trinajstić information content (AvgIpc) is 3.12. The maximum Gasteiger partial charge on any atom is 0.119 e. The number of hydrogen-bond donors (Lipinski definition) is 2. The van der Waals surface area contributed by atoms with Gasteiger partial charge in [-0.2, -0.15) is 0 Å². The van der Waals surface area contributed by atoms with Crippen LogP contribution < -0.4 is 10.3 Å². The smallest absolute Gasteiger partial charge is 0.119 e. The van der Waals surface area contributed by atoms with Crippen LogP contribution in [0.5, 0.6) is 5.75 Å². The van der Waals surface area contributed by atoms with Crippen LogP contribution in [0.4, 0.5) is 5.69 Å². The molecule has 0 unspecified atom stereocenters. The maximum absolute atomic E-state index is 12.7. The average molecular weight is 393 g/mol. The van der Waals surface area contributed by atoms with Gasteiger partial charge in [-0.05, 0) is 55.8 Å². The lowest BCUT2D eigenvalue weighted by molar-refractivity contribution is -0.269. The molecular formula is C17H15BrNO5-. The Hall–Kier alpha value is -2.22. The Morgan fingerprint density at radius 2 is 1.54 bits per heavy atom. The van der Waals surface area contributed by atoms with E-state index < -0.39 is 11.7 Å². The third kappa shape index (κ3) is 3.06. The van der Waals surface area contributed by atoms with Crippen LogP contribution in [-0.4, -0.2) is 10.4 Å². The van der Waals surface area contributed by atoms with Crippen molar-refractivity contribution in [1.82, 2.24) is 0 Å². The summed E-state index contributed by atoms with van der Waals surface area (Å²) in [4.78, 5) is 0. The van der Waals surface area contributed by atoms with Gasteiger partial charge in [0, 0.05) is 4.47 Å². The predicted octanol–water partition coefficient (Wildman–Crippen LogP) is 4.09. The molecule has 126 valence electrons. The SMILES string of the molecule is Cc1ccc(C(c2ccc(C)o2)c2cc(Br)cc(N(O)O)c2[O-])o1.